The van der Waals surface area contributed by atoms with E-state index < -0.39 is 0 Å². The van der Waals surface area contributed by atoms with Gasteiger partial charge in [0.25, 0.3) is 0 Å². The van der Waals surface area contributed by atoms with Gasteiger partial charge >= 0.3 is 0 Å². The minimum atomic E-state index is 0. The fourth-order valence-corrected chi connectivity index (χ4v) is 2.71. The number of nitrogens with zero attached hydrogens (tertiary/aromatic N) is 3. The van der Waals surface area contributed by atoms with Crippen molar-refractivity contribution in [3.05, 3.63) is 59.9 Å². The van der Waals surface area contributed by atoms with Crippen LogP contribution in [-0.4, -0.2) is 36.1 Å². The largest absolute Gasteiger partial charge is 0.356 e. The van der Waals surface area contributed by atoms with Crippen LogP contribution in [0, 0.1) is 0 Å². The second-order valence-corrected chi connectivity index (χ2v) is 6.04. The maximum absolute atomic E-state index is 4.39. The highest BCUT2D eigenvalue weighted by molar-refractivity contribution is 14.0. The highest BCUT2D eigenvalue weighted by Crippen LogP contribution is 2.17. The molecule has 0 aliphatic heterocycles. The minimum absolute atomic E-state index is 0. The molecule has 132 valence electrons. The second kappa shape index (κ2) is 10.4. The predicted octanol–water partition coefficient (Wildman–Crippen LogP) is 3.84. The molecule has 24 heavy (non-hydrogen) atoms. The molecule has 1 N–H and O–H groups in total. The van der Waals surface area contributed by atoms with Gasteiger partial charge in [-0.1, -0.05) is 37.3 Å². The summed E-state index contributed by atoms with van der Waals surface area (Å²) in [6, 6.07) is 14.9. The van der Waals surface area contributed by atoms with Crippen LogP contribution in [0.15, 0.2) is 53.7 Å². The van der Waals surface area contributed by atoms with Crippen molar-refractivity contribution < 1.29 is 0 Å². The zero-order valence-corrected chi connectivity index (χ0v) is 17.4. The van der Waals surface area contributed by atoms with Gasteiger partial charge in [0.2, 0.25) is 0 Å². The topological polar surface area (TPSA) is 32.6 Å². The second-order valence-electron chi connectivity index (χ2n) is 6.04. The Bertz CT molecular complexity index is 621. The monoisotopic (exact) mass is 440 g/mol. The standard InChI is InChI=1S/C19H28N4.HI/c1-16(17-9-6-5-7-10-17)12-13-21-19(20-2)23(4)15-18-11-8-14-22(18)3;/h5-11,14,16H,12-13,15H2,1-4H3,(H,20,21);1H. The summed E-state index contributed by atoms with van der Waals surface area (Å²) in [5.41, 5.74) is 2.66. The molecule has 0 spiro atoms. The predicted molar refractivity (Wildman–Crippen MR) is 113 cm³/mol. The van der Waals surface area contributed by atoms with Crippen LogP contribution in [0.3, 0.4) is 0 Å². The van der Waals surface area contributed by atoms with Gasteiger partial charge in [-0.25, -0.2) is 0 Å². The van der Waals surface area contributed by atoms with Crippen LogP contribution in [0.5, 0.6) is 0 Å². The minimum Gasteiger partial charge on any atom is -0.356 e. The molecule has 0 bridgehead atoms. The number of aliphatic imine (C=N–C) groups is 1. The van der Waals surface area contributed by atoms with Crippen molar-refractivity contribution in [1.82, 2.24) is 14.8 Å². The third-order valence-corrected chi connectivity index (χ3v) is 4.25. The molecule has 5 heteroatoms. The molecular weight excluding hydrogens is 411 g/mol. The zero-order valence-electron chi connectivity index (χ0n) is 15.1. The van der Waals surface area contributed by atoms with Gasteiger partial charge in [-0.05, 0) is 30.0 Å². The Morgan fingerprint density at radius 2 is 1.92 bits per heavy atom. The van der Waals surface area contributed by atoms with Gasteiger partial charge in [0.1, 0.15) is 0 Å². The van der Waals surface area contributed by atoms with E-state index in [9.17, 15) is 0 Å². The van der Waals surface area contributed by atoms with E-state index in [0.29, 0.717) is 5.92 Å². The van der Waals surface area contributed by atoms with E-state index in [0.717, 1.165) is 25.5 Å². The molecule has 2 rings (SSSR count). The molecule has 1 aromatic heterocycles. The van der Waals surface area contributed by atoms with Gasteiger partial charge in [0.15, 0.2) is 5.96 Å². The first-order valence-electron chi connectivity index (χ1n) is 8.18. The zero-order chi connectivity index (χ0) is 16.7. The lowest BCUT2D eigenvalue weighted by molar-refractivity contribution is 0.459. The number of aromatic nitrogens is 1. The first-order valence-corrected chi connectivity index (χ1v) is 8.18. The van der Waals surface area contributed by atoms with Crippen LogP contribution in [0.1, 0.15) is 30.5 Å². The summed E-state index contributed by atoms with van der Waals surface area (Å²) < 4.78 is 2.14. The lowest BCUT2D eigenvalue weighted by atomic mass is 9.98. The van der Waals surface area contributed by atoms with Crippen LogP contribution in [0.25, 0.3) is 0 Å². The molecule has 1 heterocycles. The fraction of sp³-hybridized carbons (Fsp3) is 0.421. The van der Waals surface area contributed by atoms with Gasteiger partial charge in [-0.2, -0.15) is 0 Å². The Hall–Kier alpha value is -1.50. The number of benzene rings is 1. The third kappa shape index (κ3) is 5.85. The fourth-order valence-electron chi connectivity index (χ4n) is 2.71. The number of guanidine groups is 1. The molecule has 0 aliphatic carbocycles. The number of rotatable bonds is 6. The highest BCUT2D eigenvalue weighted by Gasteiger charge is 2.09. The van der Waals surface area contributed by atoms with Crippen molar-refractivity contribution in [3.63, 3.8) is 0 Å². The SMILES string of the molecule is CN=C(NCCC(C)c1ccccc1)N(C)Cc1cccn1C.I. The molecule has 0 aliphatic rings. The summed E-state index contributed by atoms with van der Waals surface area (Å²) in [6.07, 6.45) is 3.15. The summed E-state index contributed by atoms with van der Waals surface area (Å²) in [7, 11) is 5.98. The number of hydrogen-bond acceptors (Lipinski definition) is 1. The number of halogens is 1. The smallest absolute Gasteiger partial charge is 0.193 e. The molecule has 0 saturated carbocycles. The molecule has 0 amide bonds. The summed E-state index contributed by atoms with van der Waals surface area (Å²) in [4.78, 5) is 6.55. The number of aryl methyl sites for hydroxylation is 1. The van der Waals surface area contributed by atoms with Gasteiger partial charge in [-0.15, -0.1) is 24.0 Å². The summed E-state index contributed by atoms with van der Waals surface area (Å²) in [5, 5.41) is 3.47. The lowest BCUT2D eigenvalue weighted by Crippen LogP contribution is -2.39. The average Bonchev–Trinajstić information content (AvgIpc) is 2.97. The van der Waals surface area contributed by atoms with Crippen LogP contribution in [-0.2, 0) is 13.6 Å². The Kier molecular flexibility index (Phi) is 8.89. The molecule has 0 radical (unpaired) electrons. The maximum atomic E-state index is 4.39. The van der Waals surface area contributed by atoms with E-state index in [1.807, 2.05) is 7.05 Å². The lowest BCUT2D eigenvalue weighted by Gasteiger charge is -2.23. The molecule has 4 nitrogen and oxygen atoms in total. The van der Waals surface area contributed by atoms with Crippen molar-refractivity contribution in [2.24, 2.45) is 12.0 Å². The molecule has 2 aromatic rings. The molecule has 1 unspecified atom stereocenters. The van der Waals surface area contributed by atoms with Crippen molar-refractivity contribution in [3.8, 4) is 0 Å². The summed E-state index contributed by atoms with van der Waals surface area (Å²) in [6.45, 7) is 4.03. The van der Waals surface area contributed by atoms with Crippen molar-refractivity contribution in [2.75, 3.05) is 20.6 Å². The van der Waals surface area contributed by atoms with Gasteiger partial charge in [0.05, 0.1) is 6.54 Å². The van der Waals surface area contributed by atoms with Crippen LogP contribution in [0.4, 0.5) is 0 Å². The quantitative estimate of drug-likeness (QED) is 0.421. The molecule has 1 aromatic carbocycles. The Morgan fingerprint density at radius 3 is 2.50 bits per heavy atom. The van der Waals surface area contributed by atoms with Crippen LogP contribution < -0.4 is 5.32 Å². The van der Waals surface area contributed by atoms with Gasteiger partial charge in [-0.3, -0.25) is 4.99 Å². The number of nitrogens with one attached hydrogen (secondary N) is 1. The number of hydrogen-bond donors (Lipinski definition) is 1. The maximum Gasteiger partial charge on any atom is 0.193 e. The first kappa shape index (κ1) is 20.5. The van der Waals surface area contributed by atoms with E-state index >= 15 is 0 Å². The van der Waals surface area contributed by atoms with E-state index in [1.165, 1.54) is 11.3 Å². The molecular formula is C19H29IN4. The normalized spacial score (nSPS) is 12.4. The van der Waals surface area contributed by atoms with E-state index in [2.05, 4.69) is 89.5 Å². The average molecular weight is 440 g/mol. The first-order chi connectivity index (χ1) is 11.1. The van der Waals surface area contributed by atoms with E-state index in [-0.39, 0.29) is 24.0 Å². The molecule has 0 saturated heterocycles. The van der Waals surface area contributed by atoms with Crippen molar-refractivity contribution in [2.45, 2.75) is 25.8 Å². The van der Waals surface area contributed by atoms with E-state index in [1.54, 1.807) is 0 Å². The summed E-state index contributed by atoms with van der Waals surface area (Å²) >= 11 is 0. The van der Waals surface area contributed by atoms with Crippen LogP contribution >= 0.6 is 24.0 Å². The van der Waals surface area contributed by atoms with Gasteiger partial charge < -0.3 is 14.8 Å². The van der Waals surface area contributed by atoms with Crippen molar-refractivity contribution in [1.29, 1.82) is 0 Å². The molecule has 1 atom stereocenters. The Labute approximate surface area is 163 Å². The highest BCUT2D eigenvalue weighted by atomic mass is 127. The van der Waals surface area contributed by atoms with Crippen molar-refractivity contribution >= 4 is 29.9 Å². The third-order valence-electron chi connectivity index (χ3n) is 4.25. The van der Waals surface area contributed by atoms with Gasteiger partial charge in [0, 0.05) is 39.6 Å². The molecule has 0 fully saturated rings. The Morgan fingerprint density at radius 1 is 1.21 bits per heavy atom. The summed E-state index contributed by atoms with van der Waals surface area (Å²) in [5.74, 6) is 1.48. The van der Waals surface area contributed by atoms with E-state index in [4.69, 9.17) is 0 Å². The van der Waals surface area contributed by atoms with Crippen LogP contribution in [0.2, 0.25) is 0 Å². The Balaban J connectivity index is 0.00000288.